The fourth-order valence-electron chi connectivity index (χ4n) is 3.43. The van der Waals surface area contributed by atoms with E-state index in [1.807, 2.05) is 24.3 Å². The lowest BCUT2D eigenvalue weighted by atomic mass is 10.1. The van der Waals surface area contributed by atoms with Crippen LogP contribution < -0.4 is 4.74 Å². The molecule has 6 nitrogen and oxygen atoms in total. The number of hydrogen-bond donors (Lipinski definition) is 1. The van der Waals surface area contributed by atoms with Gasteiger partial charge in [0.2, 0.25) is 0 Å². The lowest BCUT2D eigenvalue weighted by Crippen LogP contribution is -2.41. The van der Waals surface area contributed by atoms with Crippen LogP contribution in [0.3, 0.4) is 0 Å². The van der Waals surface area contributed by atoms with E-state index in [2.05, 4.69) is 16.8 Å². The van der Waals surface area contributed by atoms with E-state index < -0.39 is 5.97 Å². The van der Waals surface area contributed by atoms with Gasteiger partial charge in [-0.1, -0.05) is 18.2 Å². The lowest BCUT2D eigenvalue weighted by molar-refractivity contribution is -0.139. The van der Waals surface area contributed by atoms with Gasteiger partial charge in [0.25, 0.3) is 0 Å². The molecule has 0 spiro atoms. The van der Waals surface area contributed by atoms with E-state index >= 15 is 0 Å². The number of fused-ring (bicyclic) bond motifs is 3. The topological polar surface area (TPSA) is 62.2 Å². The van der Waals surface area contributed by atoms with Crippen molar-refractivity contribution in [3.63, 3.8) is 0 Å². The molecular weight excluding hydrogens is 296 g/mol. The zero-order valence-corrected chi connectivity index (χ0v) is 13.5. The van der Waals surface area contributed by atoms with Crippen molar-refractivity contribution < 1.29 is 19.4 Å². The van der Waals surface area contributed by atoms with E-state index in [1.165, 1.54) is 0 Å². The Labute approximate surface area is 136 Å². The van der Waals surface area contributed by atoms with Gasteiger partial charge in [-0.2, -0.15) is 0 Å². The lowest BCUT2D eigenvalue weighted by Gasteiger charge is -2.30. The Hall–Kier alpha value is -1.63. The quantitative estimate of drug-likeness (QED) is 0.870. The van der Waals surface area contributed by atoms with Crippen LogP contribution in [0, 0.1) is 5.92 Å². The molecule has 2 heterocycles. The molecule has 0 amide bonds. The molecule has 0 aromatic heterocycles. The van der Waals surface area contributed by atoms with E-state index in [0.29, 0.717) is 17.7 Å². The first kappa shape index (κ1) is 16.2. The van der Waals surface area contributed by atoms with Gasteiger partial charge in [-0.15, -0.1) is 0 Å². The molecule has 2 aliphatic rings. The van der Waals surface area contributed by atoms with E-state index in [0.717, 1.165) is 45.0 Å². The number of hydrogen-bond acceptors (Lipinski definition) is 5. The second kappa shape index (κ2) is 7.29. The average molecular weight is 320 g/mol. The molecule has 0 unspecified atom stereocenters. The Bertz CT molecular complexity index is 551. The minimum absolute atomic E-state index is 0.307. The molecule has 6 heteroatoms. The first-order valence-corrected chi connectivity index (χ1v) is 8.04. The van der Waals surface area contributed by atoms with E-state index in [1.54, 1.807) is 0 Å². The SMILES string of the molecule is CN1C[C@H]2COC[C@@H]1CN(Cc1ccccc1OCC(=O)O)C2. The van der Waals surface area contributed by atoms with Crippen molar-refractivity contribution in [1.82, 2.24) is 9.80 Å². The predicted octanol–water partition coefficient (Wildman–Crippen LogP) is 0.912. The van der Waals surface area contributed by atoms with Crippen molar-refractivity contribution in [2.24, 2.45) is 5.92 Å². The van der Waals surface area contributed by atoms with Crippen LogP contribution in [0.25, 0.3) is 0 Å². The third-order valence-electron chi connectivity index (χ3n) is 4.54. The summed E-state index contributed by atoms with van der Waals surface area (Å²) in [5.41, 5.74) is 1.04. The maximum absolute atomic E-state index is 10.7. The van der Waals surface area contributed by atoms with Crippen molar-refractivity contribution in [2.75, 3.05) is 46.5 Å². The van der Waals surface area contributed by atoms with Crippen molar-refractivity contribution in [1.29, 1.82) is 0 Å². The maximum atomic E-state index is 10.7. The van der Waals surface area contributed by atoms with E-state index in [-0.39, 0.29) is 6.61 Å². The minimum Gasteiger partial charge on any atom is -0.482 e. The number of aliphatic carboxylic acids is 1. The van der Waals surface area contributed by atoms with Crippen molar-refractivity contribution in [3.8, 4) is 5.75 Å². The molecule has 1 N–H and O–H groups in total. The van der Waals surface area contributed by atoms with Crippen LogP contribution in [-0.4, -0.2) is 73.4 Å². The third kappa shape index (κ3) is 4.22. The fraction of sp³-hybridized carbons (Fsp3) is 0.588. The summed E-state index contributed by atoms with van der Waals surface area (Å²) in [6.07, 6.45) is 0. The van der Waals surface area contributed by atoms with Gasteiger partial charge in [0.05, 0.1) is 13.2 Å². The first-order chi connectivity index (χ1) is 11.1. The Morgan fingerprint density at radius 3 is 2.96 bits per heavy atom. The largest absolute Gasteiger partial charge is 0.482 e. The average Bonchev–Trinajstić information content (AvgIpc) is 2.75. The zero-order valence-electron chi connectivity index (χ0n) is 13.5. The number of rotatable bonds is 5. The highest BCUT2D eigenvalue weighted by Crippen LogP contribution is 2.24. The minimum atomic E-state index is -0.956. The summed E-state index contributed by atoms with van der Waals surface area (Å²) in [5.74, 6) is 0.219. The van der Waals surface area contributed by atoms with Crippen LogP contribution >= 0.6 is 0 Å². The normalized spacial score (nSPS) is 25.8. The zero-order chi connectivity index (χ0) is 16.2. The van der Waals surface area contributed by atoms with Crippen LogP contribution in [-0.2, 0) is 16.1 Å². The van der Waals surface area contributed by atoms with Crippen LogP contribution in [0.5, 0.6) is 5.75 Å². The number of ether oxygens (including phenoxy) is 2. The van der Waals surface area contributed by atoms with Gasteiger partial charge >= 0.3 is 5.97 Å². The molecule has 126 valence electrons. The van der Waals surface area contributed by atoms with Crippen LogP contribution in [0.1, 0.15) is 5.56 Å². The summed E-state index contributed by atoms with van der Waals surface area (Å²) in [5, 5.41) is 8.81. The van der Waals surface area contributed by atoms with Gasteiger partial charge in [0, 0.05) is 43.7 Å². The van der Waals surface area contributed by atoms with Crippen LogP contribution in [0.4, 0.5) is 0 Å². The number of likely N-dealkylation sites (N-methyl/N-ethyl adjacent to an activating group) is 1. The monoisotopic (exact) mass is 320 g/mol. The molecule has 0 radical (unpaired) electrons. The Morgan fingerprint density at radius 1 is 1.30 bits per heavy atom. The molecule has 2 aliphatic heterocycles. The number of carbonyl (C=O) groups is 1. The predicted molar refractivity (Wildman–Crippen MR) is 85.6 cm³/mol. The molecule has 2 saturated heterocycles. The second-order valence-corrected chi connectivity index (χ2v) is 6.48. The maximum Gasteiger partial charge on any atom is 0.341 e. The van der Waals surface area contributed by atoms with Gasteiger partial charge in [0.15, 0.2) is 6.61 Å². The highest BCUT2D eigenvalue weighted by Gasteiger charge is 2.31. The third-order valence-corrected chi connectivity index (χ3v) is 4.54. The van der Waals surface area contributed by atoms with Crippen LogP contribution in [0.2, 0.25) is 0 Å². The molecule has 1 aromatic rings. The van der Waals surface area contributed by atoms with Crippen molar-refractivity contribution in [3.05, 3.63) is 29.8 Å². The molecular formula is C17H24N2O4. The fourth-order valence-corrected chi connectivity index (χ4v) is 3.43. The van der Waals surface area contributed by atoms with Gasteiger partial charge in [-0.05, 0) is 13.1 Å². The summed E-state index contributed by atoms with van der Waals surface area (Å²) in [6, 6.07) is 8.11. The summed E-state index contributed by atoms with van der Waals surface area (Å²) in [7, 11) is 2.17. The molecule has 0 aliphatic carbocycles. The Balaban J connectivity index is 1.70. The van der Waals surface area contributed by atoms with E-state index in [4.69, 9.17) is 14.6 Å². The van der Waals surface area contributed by atoms with Gasteiger partial charge in [0.1, 0.15) is 5.75 Å². The van der Waals surface area contributed by atoms with Crippen molar-refractivity contribution in [2.45, 2.75) is 12.6 Å². The van der Waals surface area contributed by atoms with Gasteiger partial charge in [-0.3, -0.25) is 9.80 Å². The number of carboxylic acid groups (broad SMARTS) is 1. The number of para-hydroxylation sites is 1. The molecule has 2 bridgehead atoms. The summed E-state index contributed by atoms with van der Waals surface area (Å²) in [4.78, 5) is 15.6. The molecule has 23 heavy (non-hydrogen) atoms. The number of benzene rings is 1. The molecule has 0 saturated carbocycles. The Kier molecular flexibility index (Phi) is 5.15. The molecule has 3 rings (SSSR count). The first-order valence-electron chi connectivity index (χ1n) is 8.04. The van der Waals surface area contributed by atoms with Gasteiger partial charge in [-0.25, -0.2) is 4.79 Å². The van der Waals surface area contributed by atoms with Gasteiger partial charge < -0.3 is 14.6 Å². The standard InChI is InChI=1S/C17H24N2O4/c1-18-6-13-7-19(9-15(18)11-22-10-13)8-14-4-2-3-5-16(14)23-12-17(20)21/h2-5,13,15H,6-12H2,1H3,(H,20,21)/t13-,15+/m1/s1. The molecule has 2 fully saturated rings. The number of carboxylic acids is 1. The second-order valence-electron chi connectivity index (χ2n) is 6.48. The smallest absolute Gasteiger partial charge is 0.341 e. The summed E-state index contributed by atoms with van der Waals surface area (Å²) < 4.78 is 11.2. The highest BCUT2D eigenvalue weighted by atomic mass is 16.5. The van der Waals surface area contributed by atoms with Crippen molar-refractivity contribution >= 4 is 5.97 Å². The number of nitrogens with zero attached hydrogens (tertiary/aromatic N) is 2. The van der Waals surface area contributed by atoms with Crippen LogP contribution in [0.15, 0.2) is 24.3 Å². The summed E-state index contributed by atoms with van der Waals surface area (Å²) >= 11 is 0. The highest BCUT2D eigenvalue weighted by molar-refractivity contribution is 5.68. The van der Waals surface area contributed by atoms with E-state index in [9.17, 15) is 4.79 Å². The molecule has 1 aromatic carbocycles. The molecule has 2 atom stereocenters. The summed E-state index contributed by atoms with van der Waals surface area (Å²) in [6.45, 7) is 5.08. The Morgan fingerprint density at radius 2 is 2.13 bits per heavy atom.